The van der Waals surface area contributed by atoms with Crippen molar-refractivity contribution < 1.29 is 0 Å². The highest BCUT2D eigenvalue weighted by molar-refractivity contribution is 5.99. The van der Waals surface area contributed by atoms with Gasteiger partial charge in [-0.05, 0) is 55.7 Å². The van der Waals surface area contributed by atoms with E-state index in [4.69, 9.17) is 4.99 Å². The molecule has 2 N–H and O–H groups in total. The molecule has 1 aromatic carbocycles. The number of hydrogen-bond acceptors (Lipinski definition) is 4. The van der Waals surface area contributed by atoms with Crippen molar-refractivity contribution >= 4 is 17.1 Å². The Hall–Kier alpha value is -2.33. The number of rotatable bonds is 6. The summed E-state index contributed by atoms with van der Waals surface area (Å²) in [5.74, 6) is 1.06. The lowest BCUT2D eigenvalue weighted by molar-refractivity contribution is 0.612. The van der Waals surface area contributed by atoms with Crippen molar-refractivity contribution in [2.75, 3.05) is 25.0 Å². The number of allylic oxidation sites excluding steroid dienone is 3. The van der Waals surface area contributed by atoms with Crippen LogP contribution >= 0.6 is 0 Å². The van der Waals surface area contributed by atoms with E-state index >= 15 is 0 Å². The van der Waals surface area contributed by atoms with Crippen molar-refractivity contribution in [1.29, 1.82) is 0 Å². The SMILES string of the molecule is CCCCC1=C(c2ccc(N[C@H]3CCNC3)cc2)CN2C=CC=CC2=N1. The van der Waals surface area contributed by atoms with Crippen LogP contribution in [0.4, 0.5) is 5.69 Å². The monoisotopic (exact) mass is 348 g/mol. The van der Waals surface area contributed by atoms with E-state index in [1.165, 1.54) is 41.8 Å². The Morgan fingerprint density at radius 3 is 2.88 bits per heavy atom. The number of nitrogens with zero attached hydrogens (tertiary/aromatic N) is 2. The predicted octanol–water partition coefficient (Wildman–Crippen LogP) is 4.16. The number of unbranched alkanes of at least 4 members (excludes halogenated alkanes) is 1. The summed E-state index contributed by atoms with van der Waals surface area (Å²) in [5, 5.41) is 7.03. The molecule has 3 heterocycles. The first kappa shape index (κ1) is 17.1. The Morgan fingerprint density at radius 1 is 1.23 bits per heavy atom. The van der Waals surface area contributed by atoms with Crippen LogP contribution in [0.3, 0.4) is 0 Å². The molecular formula is C22H28N4. The molecule has 4 rings (SSSR count). The van der Waals surface area contributed by atoms with Crippen molar-refractivity contribution in [3.05, 3.63) is 60.0 Å². The van der Waals surface area contributed by atoms with Crippen LogP contribution in [-0.2, 0) is 0 Å². The summed E-state index contributed by atoms with van der Waals surface area (Å²) in [6, 6.07) is 9.46. The average Bonchev–Trinajstić information content (AvgIpc) is 3.19. The number of nitrogens with one attached hydrogen (secondary N) is 2. The van der Waals surface area contributed by atoms with Gasteiger partial charge in [-0.25, -0.2) is 4.99 Å². The molecule has 0 spiro atoms. The minimum Gasteiger partial charge on any atom is -0.381 e. The fourth-order valence-electron chi connectivity index (χ4n) is 3.76. The third-order valence-electron chi connectivity index (χ3n) is 5.27. The quantitative estimate of drug-likeness (QED) is 0.811. The molecule has 0 radical (unpaired) electrons. The topological polar surface area (TPSA) is 39.7 Å². The molecule has 0 aliphatic carbocycles. The van der Waals surface area contributed by atoms with Gasteiger partial charge in [0.05, 0.1) is 6.54 Å². The smallest absolute Gasteiger partial charge is 0.133 e. The zero-order valence-corrected chi connectivity index (χ0v) is 15.5. The number of hydrogen-bond donors (Lipinski definition) is 2. The van der Waals surface area contributed by atoms with Gasteiger partial charge >= 0.3 is 0 Å². The average molecular weight is 348 g/mol. The van der Waals surface area contributed by atoms with Crippen molar-refractivity contribution in [3.63, 3.8) is 0 Å². The highest BCUT2D eigenvalue weighted by Crippen LogP contribution is 2.30. The van der Waals surface area contributed by atoms with Gasteiger partial charge in [-0.15, -0.1) is 0 Å². The largest absolute Gasteiger partial charge is 0.381 e. The second kappa shape index (κ2) is 7.92. The maximum Gasteiger partial charge on any atom is 0.133 e. The van der Waals surface area contributed by atoms with E-state index in [1.54, 1.807) is 0 Å². The highest BCUT2D eigenvalue weighted by Gasteiger charge is 2.21. The van der Waals surface area contributed by atoms with E-state index in [2.05, 4.69) is 71.2 Å². The Bertz CT molecular complexity index is 749. The third-order valence-corrected chi connectivity index (χ3v) is 5.27. The van der Waals surface area contributed by atoms with Crippen LogP contribution in [-0.4, -0.2) is 36.4 Å². The summed E-state index contributed by atoms with van der Waals surface area (Å²) in [6.45, 7) is 5.31. The van der Waals surface area contributed by atoms with Crippen LogP contribution in [0, 0.1) is 0 Å². The van der Waals surface area contributed by atoms with Gasteiger partial charge in [0.1, 0.15) is 5.84 Å². The summed E-state index contributed by atoms with van der Waals surface area (Å²) in [4.78, 5) is 7.20. The molecule has 0 saturated carbocycles. The Balaban J connectivity index is 1.57. The maximum absolute atomic E-state index is 4.96. The standard InChI is InChI=1S/C22H28N4/c1-2-3-6-21-20(16-26-14-5-4-7-22(26)25-21)17-8-10-18(11-9-17)24-19-12-13-23-15-19/h4-5,7-11,14,19,23-24H,2-3,6,12-13,15-16H2,1H3/t19-/m0/s1. The van der Waals surface area contributed by atoms with Gasteiger partial charge in [0.2, 0.25) is 0 Å². The lowest BCUT2D eigenvalue weighted by Crippen LogP contribution is -2.31. The van der Waals surface area contributed by atoms with Crippen molar-refractivity contribution in [2.45, 2.75) is 38.6 Å². The van der Waals surface area contributed by atoms with Gasteiger partial charge in [-0.3, -0.25) is 0 Å². The number of anilines is 1. The van der Waals surface area contributed by atoms with Gasteiger partial charge in [-0.1, -0.05) is 31.6 Å². The molecule has 4 heteroatoms. The molecule has 26 heavy (non-hydrogen) atoms. The molecule has 1 fully saturated rings. The molecule has 0 unspecified atom stereocenters. The third kappa shape index (κ3) is 3.75. The first-order valence-electron chi connectivity index (χ1n) is 9.83. The van der Waals surface area contributed by atoms with Crippen LogP contribution in [0.5, 0.6) is 0 Å². The van der Waals surface area contributed by atoms with Crippen LogP contribution in [0.1, 0.15) is 38.2 Å². The predicted molar refractivity (Wildman–Crippen MR) is 110 cm³/mol. The Kier molecular flexibility index (Phi) is 5.21. The van der Waals surface area contributed by atoms with Gasteiger partial charge in [-0.2, -0.15) is 0 Å². The molecule has 0 aromatic heterocycles. The second-order valence-corrected chi connectivity index (χ2v) is 7.24. The van der Waals surface area contributed by atoms with E-state index in [0.29, 0.717) is 6.04 Å². The fraction of sp³-hybridized carbons (Fsp3) is 0.409. The first-order valence-corrected chi connectivity index (χ1v) is 9.83. The molecule has 3 aliphatic rings. The van der Waals surface area contributed by atoms with Crippen molar-refractivity contribution in [3.8, 4) is 0 Å². The Labute approximate surface area is 156 Å². The fourth-order valence-corrected chi connectivity index (χ4v) is 3.76. The number of benzene rings is 1. The zero-order valence-electron chi connectivity index (χ0n) is 15.5. The Morgan fingerprint density at radius 2 is 2.12 bits per heavy atom. The number of amidine groups is 1. The molecular weight excluding hydrogens is 320 g/mol. The molecule has 1 saturated heterocycles. The van der Waals surface area contributed by atoms with E-state index in [9.17, 15) is 0 Å². The molecule has 136 valence electrons. The summed E-state index contributed by atoms with van der Waals surface area (Å²) in [6.07, 6.45) is 13.0. The lowest BCUT2D eigenvalue weighted by Gasteiger charge is -2.30. The van der Waals surface area contributed by atoms with E-state index in [1.807, 2.05) is 0 Å². The summed E-state index contributed by atoms with van der Waals surface area (Å²) >= 11 is 0. The lowest BCUT2D eigenvalue weighted by atomic mass is 9.98. The van der Waals surface area contributed by atoms with Crippen molar-refractivity contribution in [1.82, 2.24) is 10.2 Å². The van der Waals surface area contributed by atoms with E-state index in [-0.39, 0.29) is 0 Å². The van der Waals surface area contributed by atoms with Crippen LogP contribution in [0.25, 0.3) is 5.57 Å². The zero-order chi connectivity index (χ0) is 17.8. The first-order chi connectivity index (χ1) is 12.8. The van der Waals surface area contributed by atoms with E-state index in [0.717, 1.165) is 31.9 Å². The molecule has 3 aliphatic heterocycles. The normalized spacial score (nSPS) is 21.8. The molecule has 4 nitrogen and oxygen atoms in total. The van der Waals surface area contributed by atoms with Crippen LogP contribution < -0.4 is 10.6 Å². The molecule has 0 amide bonds. The van der Waals surface area contributed by atoms with Gasteiger partial charge in [0.15, 0.2) is 0 Å². The summed E-state index contributed by atoms with van der Waals surface area (Å²) < 4.78 is 0. The number of aliphatic imine (C=N–C) groups is 1. The van der Waals surface area contributed by atoms with Crippen LogP contribution in [0.2, 0.25) is 0 Å². The molecule has 0 bridgehead atoms. The van der Waals surface area contributed by atoms with Gasteiger partial charge in [0, 0.05) is 35.7 Å². The maximum atomic E-state index is 4.96. The molecule has 1 atom stereocenters. The number of fused-ring (bicyclic) bond motifs is 1. The summed E-state index contributed by atoms with van der Waals surface area (Å²) in [7, 11) is 0. The highest BCUT2D eigenvalue weighted by atomic mass is 15.2. The van der Waals surface area contributed by atoms with Crippen molar-refractivity contribution in [2.24, 2.45) is 4.99 Å². The molecule has 1 aromatic rings. The summed E-state index contributed by atoms with van der Waals surface area (Å²) in [5.41, 5.74) is 5.10. The minimum atomic E-state index is 0.548. The second-order valence-electron chi connectivity index (χ2n) is 7.24. The van der Waals surface area contributed by atoms with Gasteiger partial charge < -0.3 is 15.5 Å². The minimum absolute atomic E-state index is 0.548. The van der Waals surface area contributed by atoms with Gasteiger partial charge in [0.25, 0.3) is 0 Å². The van der Waals surface area contributed by atoms with E-state index < -0.39 is 0 Å². The van der Waals surface area contributed by atoms with Crippen LogP contribution in [0.15, 0.2) is 59.4 Å².